The number of carbonyl (C=O) groups is 1. The molecule has 0 unspecified atom stereocenters. The Bertz CT molecular complexity index is 713. The van der Waals surface area contributed by atoms with Crippen LogP contribution in [0.4, 0.5) is 14.5 Å². The molecule has 1 aromatic carbocycles. The Kier molecular flexibility index (Phi) is 4.33. The third kappa shape index (κ3) is 4.10. The second kappa shape index (κ2) is 6.41. The Hall–Kier alpha value is -2.35. The van der Waals surface area contributed by atoms with Crippen molar-refractivity contribution >= 4 is 23.4 Å². The summed E-state index contributed by atoms with van der Waals surface area (Å²) >= 11 is 1.41. The van der Waals surface area contributed by atoms with Crippen LogP contribution in [0.2, 0.25) is 0 Å². The van der Waals surface area contributed by atoms with Gasteiger partial charge in [0, 0.05) is 23.7 Å². The van der Waals surface area contributed by atoms with E-state index in [2.05, 4.69) is 19.8 Å². The number of nitrogens with one attached hydrogen (secondary N) is 1. The van der Waals surface area contributed by atoms with Crippen molar-refractivity contribution in [2.75, 3.05) is 11.1 Å². The molecule has 8 heteroatoms. The van der Waals surface area contributed by atoms with E-state index in [0.29, 0.717) is 11.4 Å². The highest BCUT2D eigenvalue weighted by atomic mass is 32.2. The number of hydrogen-bond acceptors (Lipinski definition) is 5. The lowest BCUT2D eigenvalue weighted by molar-refractivity contribution is -0.286. The third-order valence-electron chi connectivity index (χ3n) is 2.89. The van der Waals surface area contributed by atoms with Gasteiger partial charge in [-0.2, -0.15) is 0 Å². The van der Waals surface area contributed by atoms with Crippen molar-refractivity contribution in [3.8, 4) is 11.5 Å². The minimum Gasteiger partial charge on any atom is -0.395 e. The molecule has 0 saturated heterocycles. The van der Waals surface area contributed by atoms with Gasteiger partial charge in [-0.3, -0.25) is 9.78 Å². The molecule has 1 amide bonds. The van der Waals surface area contributed by atoms with E-state index >= 15 is 0 Å². The van der Waals surface area contributed by atoms with Gasteiger partial charge >= 0.3 is 6.29 Å². The van der Waals surface area contributed by atoms with Crippen LogP contribution in [0.5, 0.6) is 11.5 Å². The zero-order chi connectivity index (χ0) is 16.3. The van der Waals surface area contributed by atoms with Crippen LogP contribution < -0.4 is 14.8 Å². The Morgan fingerprint density at radius 1 is 1.22 bits per heavy atom. The SMILES string of the molecule is O=C(CSCc1ccccn1)Nc1ccc2c(c1)OC(F)(F)O2. The summed E-state index contributed by atoms with van der Waals surface area (Å²) in [4.78, 5) is 16.0. The fourth-order valence-corrected chi connectivity index (χ4v) is 2.70. The van der Waals surface area contributed by atoms with Crippen LogP contribution in [0.25, 0.3) is 0 Å². The molecule has 1 N–H and O–H groups in total. The molecule has 3 rings (SSSR count). The summed E-state index contributed by atoms with van der Waals surface area (Å²) in [5, 5.41) is 2.62. The summed E-state index contributed by atoms with van der Waals surface area (Å²) in [6, 6.07) is 9.69. The zero-order valence-corrected chi connectivity index (χ0v) is 12.6. The Morgan fingerprint density at radius 3 is 2.83 bits per heavy atom. The number of aromatic nitrogens is 1. The molecule has 0 bridgehead atoms. The molecule has 0 atom stereocenters. The number of rotatable bonds is 5. The summed E-state index contributed by atoms with van der Waals surface area (Å²) in [5.74, 6) is 0.436. The van der Waals surface area contributed by atoms with Crippen molar-refractivity contribution in [1.82, 2.24) is 4.98 Å². The fraction of sp³-hybridized carbons (Fsp3) is 0.200. The van der Waals surface area contributed by atoms with Gasteiger partial charge in [0.1, 0.15) is 0 Å². The largest absolute Gasteiger partial charge is 0.586 e. The molecule has 0 saturated carbocycles. The first-order valence-corrected chi connectivity index (χ1v) is 7.85. The van der Waals surface area contributed by atoms with Gasteiger partial charge in [-0.25, -0.2) is 0 Å². The maximum atomic E-state index is 12.9. The van der Waals surface area contributed by atoms with Crippen LogP contribution in [-0.4, -0.2) is 22.9 Å². The van der Waals surface area contributed by atoms with Gasteiger partial charge in [0.05, 0.1) is 11.4 Å². The summed E-state index contributed by atoms with van der Waals surface area (Å²) in [5.41, 5.74) is 1.25. The first-order chi connectivity index (χ1) is 11.0. The van der Waals surface area contributed by atoms with E-state index in [0.717, 1.165) is 5.69 Å². The van der Waals surface area contributed by atoms with E-state index < -0.39 is 6.29 Å². The molecule has 2 aromatic rings. The predicted octanol–water partition coefficient (Wildman–Crippen LogP) is 3.28. The maximum absolute atomic E-state index is 12.9. The van der Waals surface area contributed by atoms with Crippen LogP contribution in [0, 0.1) is 0 Å². The van der Waals surface area contributed by atoms with Crippen molar-refractivity contribution < 1.29 is 23.0 Å². The number of fused-ring (bicyclic) bond motifs is 1. The highest BCUT2D eigenvalue weighted by Crippen LogP contribution is 2.42. The van der Waals surface area contributed by atoms with Gasteiger partial charge in [0.25, 0.3) is 0 Å². The monoisotopic (exact) mass is 338 g/mol. The van der Waals surface area contributed by atoms with Crippen LogP contribution in [0.1, 0.15) is 5.69 Å². The van der Waals surface area contributed by atoms with E-state index in [1.165, 1.54) is 30.0 Å². The highest BCUT2D eigenvalue weighted by Gasteiger charge is 2.43. The molecule has 120 valence electrons. The smallest absolute Gasteiger partial charge is 0.395 e. The quantitative estimate of drug-likeness (QED) is 0.907. The molecule has 0 spiro atoms. The van der Waals surface area contributed by atoms with E-state index in [1.807, 2.05) is 18.2 Å². The number of benzene rings is 1. The minimum atomic E-state index is -3.66. The van der Waals surface area contributed by atoms with E-state index in [-0.39, 0.29) is 23.2 Å². The number of thioether (sulfide) groups is 1. The number of nitrogens with zero attached hydrogens (tertiary/aromatic N) is 1. The molecule has 1 aromatic heterocycles. The highest BCUT2D eigenvalue weighted by molar-refractivity contribution is 7.99. The van der Waals surface area contributed by atoms with Gasteiger partial charge < -0.3 is 14.8 Å². The Balaban J connectivity index is 1.51. The Labute approximate surface area is 135 Å². The van der Waals surface area contributed by atoms with Crippen molar-refractivity contribution in [3.05, 3.63) is 48.3 Å². The molecular weight excluding hydrogens is 326 g/mol. The molecule has 0 aliphatic carbocycles. The minimum absolute atomic E-state index is 0.0578. The van der Waals surface area contributed by atoms with E-state index in [9.17, 15) is 13.6 Å². The number of halogens is 2. The Morgan fingerprint density at radius 2 is 2.04 bits per heavy atom. The summed E-state index contributed by atoms with van der Waals surface area (Å²) in [6.07, 6.45) is -1.97. The number of ether oxygens (including phenoxy) is 2. The average molecular weight is 338 g/mol. The lowest BCUT2D eigenvalue weighted by Gasteiger charge is -2.06. The zero-order valence-electron chi connectivity index (χ0n) is 11.8. The molecule has 0 fully saturated rings. The topological polar surface area (TPSA) is 60.5 Å². The lowest BCUT2D eigenvalue weighted by atomic mass is 10.3. The first-order valence-electron chi connectivity index (χ1n) is 6.69. The van der Waals surface area contributed by atoms with Crippen molar-refractivity contribution in [2.45, 2.75) is 12.0 Å². The lowest BCUT2D eigenvalue weighted by Crippen LogP contribution is -2.25. The fourth-order valence-electron chi connectivity index (χ4n) is 1.96. The van der Waals surface area contributed by atoms with Gasteiger partial charge in [0.15, 0.2) is 11.5 Å². The molecule has 5 nitrogen and oxygen atoms in total. The number of amides is 1. The van der Waals surface area contributed by atoms with Gasteiger partial charge in [-0.05, 0) is 24.3 Å². The number of alkyl halides is 2. The third-order valence-corrected chi connectivity index (χ3v) is 3.86. The van der Waals surface area contributed by atoms with Crippen LogP contribution in [0.3, 0.4) is 0 Å². The first kappa shape index (κ1) is 15.5. The normalized spacial score (nSPS) is 14.5. The van der Waals surface area contributed by atoms with Crippen molar-refractivity contribution in [2.24, 2.45) is 0 Å². The number of pyridine rings is 1. The van der Waals surface area contributed by atoms with Crippen molar-refractivity contribution in [3.63, 3.8) is 0 Å². The van der Waals surface area contributed by atoms with Gasteiger partial charge in [-0.15, -0.1) is 20.5 Å². The molecule has 1 aliphatic rings. The molecule has 1 aliphatic heterocycles. The molecule has 23 heavy (non-hydrogen) atoms. The molecule has 2 heterocycles. The summed E-state index contributed by atoms with van der Waals surface area (Å²) in [6.45, 7) is 0. The molecule has 0 radical (unpaired) electrons. The second-order valence-electron chi connectivity index (χ2n) is 4.69. The second-order valence-corrected chi connectivity index (χ2v) is 5.68. The van der Waals surface area contributed by atoms with E-state index in [4.69, 9.17) is 0 Å². The van der Waals surface area contributed by atoms with Crippen LogP contribution in [-0.2, 0) is 10.5 Å². The van der Waals surface area contributed by atoms with Crippen LogP contribution in [0.15, 0.2) is 42.6 Å². The number of anilines is 1. The number of carbonyl (C=O) groups excluding carboxylic acids is 1. The average Bonchev–Trinajstić information content (AvgIpc) is 2.81. The summed E-state index contributed by atoms with van der Waals surface area (Å²) < 4.78 is 34.5. The summed E-state index contributed by atoms with van der Waals surface area (Å²) in [7, 11) is 0. The van der Waals surface area contributed by atoms with Crippen molar-refractivity contribution in [1.29, 1.82) is 0 Å². The standard InChI is InChI=1S/C15H12F2N2O3S/c16-15(17)21-12-5-4-10(7-13(12)22-15)19-14(20)9-23-8-11-3-1-2-6-18-11/h1-7H,8-9H2,(H,19,20). The van der Waals surface area contributed by atoms with Crippen LogP contribution >= 0.6 is 11.8 Å². The van der Waals surface area contributed by atoms with Gasteiger partial charge in [0.2, 0.25) is 5.91 Å². The van der Waals surface area contributed by atoms with Gasteiger partial charge in [-0.1, -0.05) is 6.07 Å². The maximum Gasteiger partial charge on any atom is 0.586 e. The molecular formula is C15H12F2N2O3S. The predicted molar refractivity (Wildman–Crippen MR) is 81.7 cm³/mol. The van der Waals surface area contributed by atoms with E-state index in [1.54, 1.807) is 6.20 Å². The number of hydrogen-bond donors (Lipinski definition) is 1.